The molecule has 22 heavy (non-hydrogen) atoms. The van der Waals surface area contributed by atoms with Crippen LogP contribution in [0.25, 0.3) is 0 Å². The number of hydrogen-bond acceptors (Lipinski definition) is 5. The summed E-state index contributed by atoms with van der Waals surface area (Å²) in [6.07, 6.45) is 1.13. The van der Waals surface area contributed by atoms with Crippen molar-refractivity contribution in [2.75, 3.05) is 13.7 Å². The largest absolute Gasteiger partial charge is 0.467 e. The first-order valence-corrected chi connectivity index (χ1v) is 7.41. The van der Waals surface area contributed by atoms with E-state index in [4.69, 9.17) is 15.2 Å². The molecule has 2 rings (SSSR count). The second-order valence-corrected chi connectivity index (χ2v) is 5.33. The number of esters is 1. The Kier molecular flexibility index (Phi) is 5.91. The highest BCUT2D eigenvalue weighted by atomic mass is 16.5. The van der Waals surface area contributed by atoms with Gasteiger partial charge in [-0.25, -0.2) is 4.79 Å². The van der Waals surface area contributed by atoms with Crippen LogP contribution < -0.4 is 11.1 Å². The fraction of sp³-hybridized carbons (Fsp3) is 0.500. The van der Waals surface area contributed by atoms with Gasteiger partial charge in [-0.05, 0) is 18.4 Å². The van der Waals surface area contributed by atoms with Crippen LogP contribution in [0.5, 0.6) is 0 Å². The van der Waals surface area contributed by atoms with Crippen LogP contribution in [0.15, 0.2) is 30.3 Å². The highest BCUT2D eigenvalue weighted by Gasteiger charge is 2.32. The van der Waals surface area contributed by atoms with Gasteiger partial charge in [0, 0.05) is 13.0 Å². The SMILES string of the molecule is COC(=O)C(Cc1ccccc1)NC(=O)[C@@H]1CC[C@H](CN)O1. The molecule has 1 heterocycles. The molecule has 1 fully saturated rings. The first-order chi connectivity index (χ1) is 10.6. The first kappa shape index (κ1) is 16.5. The second kappa shape index (κ2) is 7.91. The number of hydrogen-bond donors (Lipinski definition) is 2. The van der Waals surface area contributed by atoms with Gasteiger partial charge in [-0.1, -0.05) is 30.3 Å². The van der Waals surface area contributed by atoms with Crippen molar-refractivity contribution in [3.8, 4) is 0 Å². The number of methoxy groups -OCH3 is 1. The molecule has 6 nitrogen and oxygen atoms in total. The summed E-state index contributed by atoms with van der Waals surface area (Å²) in [7, 11) is 1.31. The summed E-state index contributed by atoms with van der Waals surface area (Å²) >= 11 is 0. The maximum Gasteiger partial charge on any atom is 0.328 e. The number of nitrogens with two attached hydrogens (primary N) is 1. The Morgan fingerprint density at radius 2 is 2.09 bits per heavy atom. The zero-order chi connectivity index (χ0) is 15.9. The monoisotopic (exact) mass is 306 g/mol. The van der Waals surface area contributed by atoms with E-state index < -0.39 is 18.1 Å². The summed E-state index contributed by atoms with van der Waals surface area (Å²) in [6.45, 7) is 0.397. The van der Waals surface area contributed by atoms with Crippen molar-refractivity contribution in [2.24, 2.45) is 5.73 Å². The number of nitrogens with one attached hydrogen (secondary N) is 1. The van der Waals surface area contributed by atoms with E-state index in [-0.39, 0.29) is 12.0 Å². The summed E-state index contributed by atoms with van der Waals surface area (Å²) in [5.74, 6) is -0.757. The highest BCUT2D eigenvalue weighted by Crippen LogP contribution is 2.19. The topological polar surface area (TPSA) is 90.7 Å². The standard InChI is InChI=1S/C16H22N2O4/c1-21-16(20)13(9-11-5-3-2-4-6-11)18-15(19)14-8-7-12(10-17)22-14/h2-6,12-14H,7-10,17H2,1H3,(H,18,19)/t12-,13?,14+/m1/s1. The molecule has 0 aromatic heterocycles. The zero-order valence-electron chi connectivity index (χ0n) is 12.7. The van der Waals surface area contributed by atoms with Crippen molar-refractivity contribution in [2.45, 2.75) is 37.5 Å². The minimum absolute atomic E-state index is 0.0820. The number of ether oxygens (including phenoxy) is 2. The Balaban J connectivity index is 1.98. The van der Waals surface area contributed by atoms with E-state index in [1.54, 1.807) is 0 Å². The number of carbonyl (C=O) groups is 2. The maximum atomic E-state index is 12.2. The summed E-state index contributed by atoms with van der Waals surface area (Å²) in [6, 6.07) is 8.75. The summed E-state index contributed by atoms with van der Waals surface area (Å²) in [5, 5.41) is 2.72. The Bertz CT molecular complexity index is 506. The van der Waals surface area contributed by atoms with Crippen LogP contribution in [0.3, 0.4) is 0 Å². The summed E-state index contributed by atoms with van der Waals surface area (Å²) in [5.41, 5.74) is 6.49. The molecular formula is C16H22N2O4. The quantitative estimate of drug-likeness (QED) is 0.742. The van der Waals surface area contributed by atoms with Crippen molar-refractivity contribution in [3.05, 3.63) is 35.9 Å². The molecule has 1 amide bonds. The molecule has 1 unspecified atom stereocenters. The van der Waals surface area contributed by atoms with Crippen LogP contribution in [-0.4, -0.2) is 43.8 Å². The Morgan fingerprint density at radius 3 is 2.68 bits per heavy atom. The van der Waals surface area contributed by atoms with Gasteiger partial charge in [0.2, 0.25) is 5.91 Å². The molecule has 0 saturated carbocycles. The normalized spacial score (nSPS) is 22.1. The molecule has 1 aliphatic heterocycles. The number of rotatable bonds is 6. The fourth-order valence-electron chi connectivity index (χ4n) is 2.52. The van der Waals surface area contributed by atoms with Gasteiger partial charge < -0.3 is 20.5 Å². The van der Waals surface area contributed by atoms with E-state index in [2.05, 4.69) is 5.32 Å². The van der Waals surface area contributed by atoms with E-state index in [1.165, 1.54) is 7.11 Å². The van der Waals surface area contributed by atoms with Crippen molar-refractivity contribution >= 4 is 11.9 Å². The summed E-state index contributed by atoms with van der Waals surface area (Å²) < 4.78 is 10.3. The molecule has 120 valence electrons. The predicted octanol–water partition coefficient (Wildman–Crippen LogP) is 0.393. The fourth-order valence-corrected chi connectivity index (χ4v) is 2.52. The first-order valence-electron chi connectivity index (χ1n) is 7.41. The molecule has 1 aromatic carbocycles. The van der Waals surface area contributed by atoms with Gasteiger partial charge in [-0.15, -0.1) is 0 Å². The predicted molar refractivity (Wildman–Crippen MR) is 81.0 cm³/mol. The molecule has 1 saturated heterocycles. The average molecular weight is 306 g/mol. The van der Waals surface area contributed by atoms with Gasteiger partial charge in [0.1, 0.15) is 12.1 Å². The van der Waals surface area contributed by atoms with Crippen LogP contribution in [0.2, 0.25) is 0 Å². The lowest BCUT2D eigenvalue weighted by atomic mass is 10.1. The molecule has 1 aliphatic rings. The molecule has 0 radical (unpaired) electrons. The van der Waals surface area contributed by atoms with Crippen molar-refractivity contribution in [1.82, 2.24) is 5.32 Å². The average Bonchev–Trinajstić information content (AvgIpc) is 3.03. The molecule has 1 aromatic rings. The lowest BCUT2D eigenvalue weighted by Crippen LogP contribution is -2.47. The zero-order valence-corrected chi connectivity index (χ0v) is 12.7. The van der Waals surface area contributed by atoms with E-state index in [9.17, 15) is 9.59 Å². The third-order valence-electron chi connectivity index (χ3n) is 3.75. The van der Waals surface area contributed by atoms with E-state index in [0.29, 0.717) is 19.4 Å². The number of carbonyl (C=O) groups excluding carboxylic acids is 2. The highest BCUT2D eigenvalue weighted by molar-refractivity contribution is 5.87. The molecule has 0 spiro atoms. The van der Waals surface area contributed by atoms with Gasteiger partial charge >= 0.3 is 5.97 Å². The van der Waals surface area contributed by atoms with Crippen LogP contribution in [0.4, 0.5) is 0 Å². The van der Waals surface area contributed by atoms with Crippen molar-refractivity contribution in [1.29, 1.82) is 0 Å². The maximum absolute atomic E-state index is 12.2. The van der Waals surface area contributed by atoms with E-state index in [0.717, 1.165) is 12.0 Å². The van der Waals surface area contributed by atoms with Gasteiger partial charge in [0.25, 0.3) is 0 Å². The molecule has 0 aliphatic carbocycles. The number of amides is 1. The smallest absolute Gasteiger partial charge is 0.328 e. The lowest BCUT2D eigenvalue weighted by molar-refractivity contribution is -0.146. The van der Waals surface area contributed by atoms with E-state index >= 15 is 0 Å². The minimum Gasteiger partial charge on any atom is -0.467 e. The van der Waals surface area contributed by atoms with E-state index in [1.807, 2.05) is 30.3 Å². The second-order valence-electron chi connectivity index (χ2n) is 5.33. The Labute approximate surface area is 130 Å². The van der Waals surface area contributed by atoms with Crippen LogP contribution in [0, 0.1) is 0 Å². The van der Waals surface area contributed by atoms with Gasteiger partial charge in [0.05, 0.1) is 13.2 Å². The van der Waals surface area contributed by atoms with Crippen LogP contribution in [-0.2, 0) is 25.5 Å². The minimum atomic E-state index is -0.722. The number of benzene rings is 1. The molecule has 0 bridgehead atoms. The third kappa shape index (κ3) is 4.29. The molecule has 3 atom stereocenters. The van der Waals surface area contributed by atoms with Crippen LogP contribution >= 0.6 is 0 Å². The van der Waals surface area contributed by atoms with Gasteiger partial charge in [-0.2, -0.15) is 0 Å². The Hall–Kier alpha value is -1.92. The molecule has 3 N–H and O–H groups in total. The van der Waals surface area contributed by atoms with Crippen molar-refractivity contribution in [3.63, 3.8) is 0 Å². The van der Waals surface area contributed by atoms with Gasteiger partial charge in [0.15, 0.2) is 0 Å². The summed E-state index contributed by atoms with van der Waals surface area (Å²) in [4.78, 5) is 24.1. The Morgan fingerprint density at radius 1 is 1.36 bits per heavy atom. The third-order valence-corrected chi connectivity index (χ3v) is 3.75. The molecule has 6 heteroatoms. The molecular weight excluding hydrogens is 284 g/mol. The lowest BCUT2D eigenvalue weighted by Gasteiger charge is -2.19. The van der Waals surface area contributed by atoms with Crippen LogP contribution in [0.1, 0.15) is 18.4 Å². The van der Waals surface area contributed by atoms with Crippen molar-refractivity contribution < 1.29 is 19.1 Å². The van der Waals surface area contributed by atoms with Gasteiger partial charge in [-0.3, -0.25) is 4.79 Å².